The molecule has 1 N–H and O–H groups in total. The van der Waals surface area contributed by atoms with Crippen molar-refractivity contribution in [2.75, 3.05) is 6.54 Å². The number of ketones is 1. The number of carbonyl (C=O) groups excluding carboxylic acids is 1. The second-order valence-electron chi connectivity index (χ2n) is 4.76. The highest BCUT2D eigenvalue weighted by atomic mass is 32.1. The molecule has 0 aliphatic heterocycles. The monoisotopic (exact) mass is 225 g/mol. The maximum Gasteiger partial charge on any atom is 0.174 e. The smallest absolute Gasteiger partial charge is 0.174 e. The highest BCUT2D eigenvalue weighted by Crippen LogP contribution is 2.16. The minimum atomic E-state index is 0.0889. The lowest BCUT2D eigenvalue weighted by atomic mass is 10.1. The minimum absolute atomic E-state index is 0.0889. The van der Waals surface area contributed by atoms with E-state index in [2.05, 4.69) is 26.1 Å². The first-order chi connectivity index (χ1) is 6.88. The third-order valence-electron chi connectivity index (χ3n) is 2.02. The number of carbonyl (C=O) groups is 1. The molecule has 0 atom stereocenters. The Bertz CT molecular complexity index is 336. The standard InChI is InChI=1S/C12H19NOS/c1-9-5-6-11(15-9)10(14)7-8-13-12(2,3)4/h5-6,13H,7-8H2,1-4H3. The molecule has 15 heavy (non-hydrogen) atoms. The molecular weight excluding hydrogens is 206 g/mol. The number of thiophene rings is 1. The summed E-state index contributed by atoms with van der Waals surface area (Å²) in [6.45, 7) is 9.08. The Labute approximate surface area is 95.7 Å². The van der Waals surface area contributed by atoms with E-state index in [9.17, 15) is 4.79 Å². The predicted octanol–water partition coefficient (Wildman–Crippen LogP) is 3.02. The van der Waals surface area contributed by atoms with E-state index in [0.29, 0.717) is 6.42 Å². The first-order valence-electron chi connectivity index (χ1n) is 5.23. The Balaban J connectivity index is 2.37. The van der Waals surface area contributed by atoms with Gasteiger partial charge in [0.25, 0.3) is 0 Å². The first-order valence-corrected chi connectivity index (χ1v) is 6.05. The number of hydrogen-bond acceptors (Lipinski definition) is 3. The van der Waals surface area contributed by atoms with E-state index in [-0.39, 0.29) is 11.3 Å². The van der Waals surface area contributed by atoms with Gasteiger partial charge < -0.3 is 5.32 Å². The SMILES string of the molecule is Cc1ccc(C(=O)CCNC(C)(C)C)s1. The molecule has 0 fully saturated rings. The molecule has 0 aliphatic carbocycles. The third-order valence-corrected chi connectivity index (χ3v) is 3.06. The summed E-state index contributed by atoms with van der Waals surface area (Å²) in [7, 11) is 0. The summed E-state index contributed by atoms with van der Waals surface area (Å²) in [4.78, 5) is 13.8. The molecule has 2 nitrogen and oxygen atoms in total. The molecule has 0 aromatic carbocycles. The maximum absolute atomic E-state index is 11.7. The Morgan fingerprint density at radius 3 is 2.53 bits per heavy atom. The molecule has 84 valence electrons. The number of hydrogen-bond donors (Lipinski definition) is 1. The summed E-state index contributed by atoms with van der Waals surface area (Å²) in [5.41, 5.74) is 0.0889. The van der Waals surface area contributed by atoms with Gasteiger partial charge >= 0.3 is 0 Å². The molecule has 1 rings (SSSR count). The minimum Gasteiger partial charge on any atom is -0.312 e. The van der Waals surface area contributed by atoms with Crippen LogP contribution in [0.15, 0.2) is 12.1 Å². The van der Waals surface area contributed by atoms with Crippen molar-refractivity contribution < 1.29 is 4.79 Å². The largest absolute Gasteiger partial charge is 0.312 e. The van der Waals surface area contributed by atoms with Gasteiger partial charge in [0.1, 0.15) is 0 Å². The Morgan fingerprint density at radius 1 is 1.40 bits per heavy atom. The molecule has 3 heteroatoms. The zero-order valence-electron chi connectivity index (χ0n) is 9.89. The lowest BCUT2D eigenvalue weighted by Gasteiger charge is -2.19. The fraction of sp³-hybridized carbons (Fsp3) is 0.583. The zero-order chi connectivity index (χ0) is 11.5. The summed E-state index contributed by atoms with van der Waals surface area (Å²) >= 11 is 1.58. The van der Waals surface area contributed by atoms with Crippen molar-refractivity contribution in [3.63, 3.8) is 0 Å². The van der Waals surface area contributed by atoms with E-state index in [1.165, 1.54) is 4.88 Å². The fourth-order valence-electron chi connectivity index (χ4n) is 1.26. The van der Waals surface area contributed by atoms with E-state index in [1.54, 1.807) is 11.3 Å². The second kappa shape index (κ2) is 4.90. The van der Waals surface area contributed by atoms with Gasteiger partial charge in [-0.15, -0.1) is 11.3 Å². The topological polar surface area (TPSA) is 29.1 Å². The summed E-state index contributed by atoms with van der Waals surface area (Å²) in [6, 6.07) is 3.91. The number of aryl methyl sites for hydroxylation is 1. The van der Waals surface area contributed by atoms with Crippen LogP contribution in [0, 0.1) is 6.92 Å². The van der Waals surface area contributed by atoms with Crippen LogP contribution >= 0.6 is 11.3 Å². The van der Waals surface area contributed by atoms with Gasteiger partial charge in [-0.25, -0.2) is 0 Å². The molecule has 0 saturated heterocycles. The molecule has 0 unspecified atom stereocenters. The van der Waals surface area contributed by atoms with Gasteiger partial charge in [-0.05, 0) is 39.8 Å². The van der Waals surface area contributed by atoms with Crippen molar-refractivity contribution in [3.8, 4) is 0 Å². The summed E-state index contributed by atoms with van der Waals surface area (Å²) in [6.07, 6.45) is 0.581. The second-order valence-corrected chi connectivity index (χ2v) is 6.05. The van der Waals surface area contributed by atoms with Crippen LogP contribution in [-0.2, 0) is 0 Å². The molecule has 1 aromatic rings. The summed E-state index contributed by atoms with van der Waals surface area (Å²) < 4.78 is 0. The van der Waals surface area contributed by atoms with Crippen molar-refractivity contribution in [1.29, 1.82) is 0 Å². The quantitative estimate of drug-likeness (QED) is 0.798. The fourth-order valence-corrected chi connectivity index (χ4v) is 2.09. The van der Waals surface area contributed by atoms with Crippen molar-refractivity contribution >= 4 is 17.1 Å². The number of rotatable bonds is 4. The van der Waals surface area contributed by atoms with Crippen LogP contribution in [0.25, 0.3) is 0 Å². The first kappa shape index (κ1) is 12.4. The van der Waals surface area contributed by atoms with Crippen molar-refractivity contribution in [2.45, 2.75) is 39.7 Å². The van der Waals surface area contributed by atoms with Gasteiger partial charge in [0.05, 0.1) is 4.88 Å². The van der Waals surface area contributed by atoms with Crippen LogP contribution in [0.1, 0.15) is 41.7 Å². The van der Waals surface area contributed by atoms with Crippen molar-refractivity contribution in [2.24, 2.45) is 0 Å². The Kier molecular flexibility index (Phi) is 4.05. The van der Waals surface area contributed by atoms with Gasteiger partial charge in [-0.3, -0.25) is 4.79 Å². The van der Waals surface area contributed by atoms with E-state index in [0.717, 1.165) is 11.4 Å². The Morgan fingerprint density at radius 2 is 2.07 bits per heavy atom. The van der Waals surface area contributed by atoms with Crippen LogP contribution in [0.5, 0.6) is 0 Å². The average Bonchev–Trinajstić information content (AvgIpc) is 2.49. The summed E-state index contributed by atoms with van der Waals surface area (Å²) in [5.74, 6) is 0.241. The molecular formula is C12H19NOS. The molecule has 0 spiro atoms. The van der Waals surface area contributed by atoms with Crippen molar-refractivity contribution in [1.82, 2.24) is 5.32 Å². The highest BCUT2D eigenvalue weighted by Gasteiger charge is 2.11. The summed E-state index contributed by atoms with van der Waals surface area (Å²) in [5, 5.41) is 3.31. The number of nitrogens with one attached hydrogen (secondary N) is 1. The van der Waals surface area contributed by atoms with E-state index in [1.807, 2.05) is 19.1 Å². The third kappa shape index (κ3) is 4.58. The predicted molar refractivity (Wildman–Crippen MR) is 65.8 cm³/mol. The average molecular weight is 225 g/mol. The van der Waals surface area contributed by atoms with E-state index in [4.69, 9.17) is 0 Å². The van der Waals surface area contributed by atoms with Gasteiger partial charge in [0.2, 0.25) is 0 Å². The normalized spacial score (nSPS) is 11.7. The molecule has 1 heterocycles. The van der Waals surface area contributed by atoms with Gasteiger partial charge in [-0.2, -0.15) is 0 Å². The van der Waals surface area contributed by atoms with Gasteiger partial charge in [-0.1, -0.05) is 0 Å². The highest BCUT2D eigenvalue weighted by molar-refractivity contribution is 7.14. The van der Waals surface area contributed by atoms with Crippen LogP contribution in [-0.4, -0.2) is 17.9 Å². The molecule has 0 bridgehead atoms. The van der Waals surface area contributed by atoms with E-state index < -0.39 is 0 Å². The van der Waals surface area contributed by atoms with Gasteiger partial charge in [0.15, 0.2) is 5.78 Å². The van der Waals surface area contributed by atoms with Crippen LogP contribution < -0.4 is 5.32 Å². The van der Waals surface area contributed by atoms with Crippen molar-refractivity contribution in [3.05, 3.63) is 21.9 Å². The zero-order valence-corrected chi connectivity index (χ0v) is 10.7. The molecule has 1 aromatic heterocycles. The lowest BCUT2D eigenvalue weighted by molar-refractivity contribution is 0.0984. The molecule has 0 saturated carbocycles. The Hall–Kier alpha value is -0.670. The number of Topliss-reactive ketones (excluding diaryl/α,β-unsaturated/α-hetero) is 1. The van der Waals surface area contributed by atoms with Gasteiger partial charge in [0, 0.05) is 23.4 Å². The molecule has 0 amide bonds. The van der Waals surface area contributed by atoms with Crippen LogP contribution in [0.3, 0.4) is 0 Å². The van der Waals surface area contributed by atoms with Crippen LogP contribution in [0.2, 0.25) is 0 Å². The maximum atomic E-state index is 11.7. The lowest BCUT2D eigenvalue weighted by Crippen LogP contribution is -2.37. The van der Waals surface area contributed by atoms with Crippen LogP contribution in [0.4, 0.5) is 0 Å². The molecule has 0 aliphatic rings. The molecule has 0 radical (unpaired) electrons. The van der Waals surface area contributed by atoms with E-state index >= 15 is 0 Å².